The molecule has 2 nitrogen and oxygen atoms in total. The lowest BCUT2D eigenvalue weighted by Crippen LogP contribution is -2.01. The van der Waals surface area contributed by atoms with Crippen LogP contribution in [0.3, 0.4) is 0 Å². The zero-order valence-corrected chi connectivity index (χ0v) is 21.8. The number of hydrogen-bond donors (Lipinski definition) is 0. The van der Waals surface area contributed by atoms with E-state index in [4.69, 9.17) is 0 Å². The second kappa shape index (κ2) is 7.83. The van der Waals surface area contributed by atoms with Gasteiger partial charge in [-0.1, -0.05) is 91.0 Å². The zero-order chi connectivity index (χ0) is 25.5. The second-order valence-corrected chi connectivity index (χ2v) is 11.2. The van der Waals surface area contributed by atoms with Gasteiger partial charge in [0, 0.05) is 41.7 Å². The van der Waals surface area contributed by atoms with Crippen LogP contribution in [0.2, 0.25) is 0 Å². The van der Waals surface area contributed by atoms with E-state index < -0.39 is 0 Å². The monoisotopic (exact) mass is 514 g/mol. The van der Waals surface area contributed by atoms with E-state index in [1.807, 2.05) is 11.3 Å². The summed E-state index contributed by atoms with van der Waals surface area (Å²) < 4.78 is 7.59. The predicted octanol–water partition coefficient (Wildman–Crippen LogP) is 10.2. The molecule has 0 spiro atoms. The summed E-state index contributed by atoms with van der Waals surface area (Å²) in [6, 6.07) is 48.7. The summed E-state index contributed by atoms with van der Waals surface area (Å²) in [5.74, 6) is 0. The van der Waals surface area contributed by atoms with Crippen molar-refractivity contribution in [3.63, 3.8) is 0 Å². The highest BCUT2D eigenvalue weighted by atomic mass is 32.1. The number of nitrogens with zero attached hydrogens (tertiary/aromatic N) is 2. The van der Waals surface area contributed by atoms with Gasteiger partial charge in [-0.25, -0.2) is 0 Å². The van der Waals surface area contributed by atoms with Crippen molar-refractivity contribution in [1.82, 2.24) is 9.13 Å². The van der Waals surface area contributed by atoms with Gasteiger partial charge in [0.2, 0.25) is 0 Å². The Bertz CT molecular complexity index is 2350. The Balaban J connectivity index is 1.52. The minimum atomic E-state index is 1.19. The average Bonchev–Trinajstić information content (AvgIpc) is 3.65. The number of hydrogen-bond acceptors (Lipinski definition) is 1. The van der Waals surface area contributed by atoms with Crippen molar-refractivity contribution in [3.8, 4) is 11.4 Å². The van der Waals surface area contributed by atoms with Gasteiger partial charge in [-0.2, -0.15) is 0 Å². The van der Waals surface area contributed by atoms with E-state index in [1.165, 1.54) is 75.2 Å². The van der Waals surface area contributed by atoms with E-state index in [2.05, 4.69) is 143 Å². The molecule has 0 saturated carbocycles. The first kappa shape index (κ1) is 21.1. The summed E-state index contributed by atoms with van der Waals surface area (Å²) in [5.41, 5.74) is 7.32. The molecule has 9 rings (SSSR count). The van der Waals surface area contributed by atoms with Crippen molar-refractivity contribution in [3.05, 3.63) is 133 Å². The zero-order valence-electron chi connectivity index (χ0n) is 21.0. The van der Waals surface area contributed by atoms with Crippen molar-refractivity contribution in [2.75, 3.05) is 0 Å². The van der Waals surface area contributed by atoms with Crippen molar-refractivity contribution in [1.29, 1.82) is 0 Å². The third-order valence-corrected chi connectivity index (χ3v) is 9.25. The first-order chi connectivity index (χ1) is 19.4. The van der Waals surface area contributed by atoms with E-state index >= 15 is 0 Å². The lowest BCUT2D eigenvalue weighted by Gasteiger charge is -2.15. The van der Waals surface area contributed by atoms with Gasteiger partial charge in [0.25, 0.3) is 0 Å². The first-order valence-electron chi connectivity index (χ1n) is 13.3. The summed E-state index contributed by atoms with van der Waals surface area (Å²) >= 11 is 1.87. The quantitative estimate of drug-likeness (QED) is 0.217. The standard InChI is InChI=1S/C36H22N2S/c1-5-16-28-23(11-1)24-12-2-6-17-29(24)37(28)32-20-9-15-26-25-13-3-7-18-30(25)38(36(26)32)31-19-10-22-34-35(31)27-14-4-8-21-33(27)39-34/h1-22H. The molecule has 182 valence electrons. The van der Waals surface area contributed by atoms with Crippen LogP contribution in [0.4, 0.5) is 0 Å². The highest BCUT2D eigenvalue weighted by Crippen LogP contribution is 2.43. The fraction of sp³-hybridized carbons (Fsp3) is 0. The molecule has 0 N–H and O–H groups in total. The Hall–Kier alpha value is -4.86. The SMILES string of the molecule is c1ccc2c(c1)sc1cccc(-n3c4ccccc4c4cccc(-n5c6ccccc6c6ccccc65)c43)c12. The van der Waals surface area contributed by atoms with Crippen LogP contribution in [0.25, 0.3) is 75.2 Å². The van der Waals surface area contributed by atoms with Crippen LogP contribution in [0, 0.1) is 0 Å². The Kier molecular flexibility index (Phi) is 4.24. The molecule has 0 fully saturated rings. The van der Waals surface area contributed by atoms with Crippen LogP contribution < -0.4 is 0 Å². The summed E-state index contributed by atoms with van der Waals surface area (Å²) in [6.45, 7) is 0. The van der Waals surface area contributed by atoms with Crippen molar-refractivity contribution in [2.24, 2.45) is 0 Å². The number of fused-ring (bicyclic) bond motifs is 9. The Morgan fingerprint density at radius 2 is 0.846 bits per heavy atom. The smallest absolute Gasteiger partial charge is 0.0782 e. The fourth-order valence-electron chi connectivity index (χ4n) is 6.56. The minimum Gasteiger partial charge on any atom is -0.307 e. The minimum absolute atomic E-state index is 1.19. The topological polar surface area (TPSA) is 9.86 Å². The molecule has 39 heavy (non-hydrogen) atoms. The molecule has 9 aromatic rings. The maximum absolute atomic E-state index is 2.50. The lowest BCUT2D eigenvalue weighted by atomic mass is 10.1. The third kappa shape index (κ3) is 2.80. The molecule has 0 unspecified atom stereocenters. The van der Waals surface area contributed by atoms with Crippen LogP contribution in [-0.4, -0.2) is 9.13 Å². The van der Waals surface area contributed by atoms with Gasteiger partial charge in [-0.15, -0.1) is 11.3 Å². The number of rotatable bonds is 2. The molecule has 0 amide bonds. The van der Waals surface area contributed by atoms with Crippen LogP contribution >= 0.6 is 11.3 Å². The molecular formula is C36H22N2S. The molecule has 0 aliphatic rings. The number of aromatic nitrogens is 2. The predicted molar refractivity (Wildman–Crippen MR) is 168 cm³/mol. The highest BCUT2D eigenvalue weighted by Gasteiger charge is 2.21. The Morgan fingerprint density at radius 1 is 0.359 bits per heavy atom. The van der Waals surface area contributed by atoms with Gasteiger partial charge >= 0.3 is 0 Å². The number of para-hydroxylation sites is 4. The molecule has 0 radical (unpaired) electrons. The van der Waals surface area contributed by atoms with Crippen LogP contribution in [0.1, 0.15) is 0 Å². The van der Waals surface area contributed by atoms with Crippen LogP contribution in [-0.2, 0) is 0 Å². The molecule has 3 heteroatoms. The van der Waals surface area contributed by atoms with Crippen LogP contribution in [0.15, 0.2) is 133 Å². The molecule has 6 aromatic carbocycles. The van der Waals surface area contributed by atoms with Crippen molar-refractivity contribution >= 4 is 75.1 Å². The molecule has 0 aliphatic heterocycles. The van der Waals surface area contributed by atoms with Gasteiger partial charge in [0.15, 0.2) is 0 Å². The molecule has 3 aromatic heterocycles. The molecule has 0 bridgehead atoms. The number of thiophene rings is 1. The van der Waals surface area contributed by atoms with E-state index in [0.717, 1.165) is 0 Å². The first-order valence-corrected chi connectivity index (χ1v) is 14.1. The van der Waals surface area contributed by atoms with E-state index in [9.17, 15) is 0 Å². The van der Waals surface area contributed by atoms with Gasteiger partial charge < -0.3 is 9.13 Å². The Labute approximate surface area is 228 Å². The van der Waals surface area contributed by atoms with E-state index in [-0.39, 0.29) is 0 Å². The van der Waals surface area contributed by atoms with Crippen LogP contribution in [0.5, 0.6) is 0 Å². The Morgan fingerprint density at radius 3 is 1.56 bits per heavy atom. The second-order valence-electron chi connectivity index (χ2n) is 10.1. The van der Waals surface area contributed by atoms with Gasteiger partial charge in [0.1, 0.15) is 0 Å². The van der Waals surface area contributed by atoms with E-state index in [1.54, 1.807) is 0 Å². The number of benzene rings is 6. The molecule has 3 heterocycles. The lowest BCUT2D eigenvalue weighted by molar-refractivity contribution is 1.14. The van der Waals surface area contributed by atoms with Crippen molar-refractivity contribution in [2.45, 2.75) is 0 Å². The fourth-order valence-corrected chi connectivity index (χ4v) is 7.68. The van der Waals surface area contributed by atoms with Gasteiger partial charge in [-0.3, -0.25) is 0 Å². The van der Waals surface area contributed by atoms with Crippen molar-refractivity contribution < 1.29 is 0 Å². The highest BCUT2D eigenvalue weighted by molar-refractivity contribution is 7.25. The third-order valence-electron chi connectivity index (χ3n) is 8.12. The molecule has 0 saturated heterocycles. The summed E-state index contributed by atoms with van der Waals surface area (Å²) in [4.78, 5) is 0. The normalized spacial score (nSPS) is 12.1. The molecular weight excluding hydrogens is 492 g/mol. The average molecular weight is 515 g/mol. The molecule has 0 atom stereocenters. The van der Waals surface area contributed by atoms with E-state index in [0.29, 0.717) is 0 Å². The molecule has 0 aliphatic carbocycles. The maximum Gasteiger partial charge on any atom is 0.0782 e. The summed E-state index contributed by atoms with van der Waals surface area (Å²) in [5, 5.41) is 7.72. The maximum atomic E-state index is 2.50. The van der Waals surface area contributed by atoms with Gasteiger partial charge in [0.05, 0.1) is 33.4 Å². The summed E-state index contributed by atoms with van der Waals surface area (Å²) in [7, 11) is 0. The largest absolute Gasteiger partial charge is 0.307 e. The van der Waals surface area contributed by atoms with Gasteiger partial charge in [-0.05, 0) is 42.5 Å². The summed E-state index contributed by atoms with van der Waals surface area (Å²) in [6.07, 6.45) is 0.